The molecule has 0 bridgehead atoms. The molecule has 1 rings (SSSR count). The van der Waals surface area contributed by atoms with Crippen molar-refractivity contribution in [1.29, 1.82) is 0 Å². The van der Waals surface area contributed by atoms with Crippen LogP contribution in [0.2, 0.25) is 0 Å². The van der Waals surface area contributed by atoms with E-state index < -0.39 is 0 Å². The van der Waals surface area contributed by atoms with Crippen LogP contribution in [-0.2, 0) is 9.47 Å². The molecular formula is C10H21NO2S. The SMILES string of the molecule is COC(CN1CC(C)SC(C)C1)OC. The molecule has 0 aromatic carbocycles. The molecule has 1 aliphatic rings. The summed E-state index contributed by atoms with van der Waals surface area (Å²) in [7, 11) is 3.39. The molecule has 0 spiro atoms. The molecule has 0 amide bonds. The molecule has 0 N–H and O–H groups in total. The van der Waals surface area contributed by atoms with E-state index in [-0.39, 0.29) is 6.29 Å². The third-order valence-corrected chi connectivity index (χ3v) is 3.66. The lowest BCUT2D eigenvalue weighted by Crippen LogP contribution is -2.44. The van der Waals surface area contributed by atoms with Gasteiger partial charge in [0.2, 0.25) is 0 Å². The van der Waals surface area contributed by atoms with Crippen molar-refractivity contribution in [3.63, 3.8) is 0 Å². The second-order valence-electron chi connectivity index (χ2n) is 3.88. The van der Waals surface area contributed by atoms with Gasteiger partial charge in [0.05, 0.1) is 0 Å². The highest BCUT2D eigenvalue weighted by molar-refractivity contribution is 8.00. The van der Waals surface area contributed by atoms with Gasteiger partial charge in [-0.2, -0.15) is 11.8 Å². The number of hydrogen-bond donors (Lipinski definition) is 0. The van der Waals surface area contributed by atoms with E-state index in [9.17, 15) is 0 Å². The van der Waals surface area contributed by atoms with Gasteiger partial charge < -0.3 is 9.47 Å². The second-order valence-corrected chi connectivity index (χ2v) is 5.76. The van der Waals surface area contributed by atoms with Crippen molar-refractivity contribution in [3.05, 3.63) is 0 Å². The maximum absolute atomic E-state index is 5.20. The Morgan fingerprint density at radius 2 is 1.71 bits per heavy atom. The molecule has 84 valence electrons. The summed E-state index contributed by atoms with van der Waals surface area (Å²) >= 11 is 2.06. The van der Waals surface area contributed by atoms with Crippen LogP contribution in [0, 0.1) is 0 Å². The highest BCUT2D eigenvalue weighted by Crippen LogP contribution is 2.24. The molecule has 0 saturated carbocycles. The zero-order chi connectivity index (χ0) is 10.6. The lowest BCUT2D eigenvalue weighted by atomic mass is 10.3. The van der Waals surface area contributed by atoms with Gasteiger partial charge in [-0.1, -0.05) is 13.8 Å². The molecule has 1 heterocycles. The van der Waals surface area contributed by atoms with Crippen molar-refractivity contribution < 1.29 is 9.47 Å². The third-order valence-electron chi connectivity index (χ3n) is 2.43. The van der Waals surface area contributed by atoms with Crippen molar-refractivity contribution in [2.75, 3.05) is 33.9 Å². The average molecular weight is 219 g/mol. The second kappa shape index (κ2) is 5.95. The highest BCUT2D eigenvalue weighted by atomic mass is 32.2. The van der Waals surface area contributed by atoms with Gasteiger partial charge in [0.25, 0.3) is 0 Å². The Morgan fingerprint density at radius 3 is 2.14 bits per heavy atom. The van der Waals surface area contributed by atoms with Gasteiger partial charge in [0.15, 0.2) is 6.29 Å². The fourth-order valence-electron chi connectivity index (χ4n) is 1.89. The molecule has 0 aromatic rings. The first-order valence-electron chi connectivity index (χ1n) is 5.09. The zero-order valence-corrected chi connectivity index (χ0v) is 10.3. The Morgan fingerprint density at radius 1 is 1.21 bits per heavy atom. The number of thioether (sulfide) groups is 1. The van der Waals surface area contributed by atoms with E-state index in [1.54, 1.807) is 14.2 Å². The molecule has 3 nitrogen and oxygen atoms in total. The summed E-state index contributed by atoms with van der Waals surface area (Å²) in [5.74, 6) is 0. The summed E-state index contributed by atoms with van der Waals surface area (Å²) in [6.45, 7) is 7.71. The van der Waals surface area contributed by atoms with Gasteiger partial charge in [-0.25, -0.2) is 0 Å². The summed E-state index contributed by atoms with van der Waals surface area (Å²) < 4.78 is 10.4. The molecule has 0 radical (unpaired) electrons. The summed E-state index contributed by atoms with van der Waals surface area (Å²) in [5, 5.41) is 1.43. The Hall–Kier alpha value is 0.230. The van der Waals surface area contributed by atoms with E-state index in [1.165, 1.54) is 0 Å². The number of ether oxygens (including phenoxy) is 2. The van der Waals surface area contributed by atoms with Crippen LogP contribution in [0.5, 0.6) is 0 Å². The summed E-state index contributed by atoms with van der Waals surface area (Å²) in [5.41, 5.74) is 0. The first-order valence-corrected chi connectivity index (χ1v) is 6.03. The molecule has 1 fully saturated rings. The maximum Gasteiger partial charge on any atom is 0.169 e. The van der Waals surface area contributed by atoms with Gasteiger partial charge in [-0.3, -0.25) is 4.90 Å². The lowest BCUT2D eigenvalue weighted by Gasteiger charge is -2.35. The van der Waals surface area contributed by atoms with Crippen LogP contribution in [0.3, 0.4) is 0 Å². The van der Waals surface area contributed by atoms with Crippen molar-refractivity contribution in [2.24, 2.45) is 0 Å². The molecule has 1 aliphatic heterocycles. The Kier molecular flexibility index (Phi) is 5.23. The largest absolute Gasteiger partial charge is 0.355 e. The van der Waals surface area contributed by atoms with Gasteiger partial charge in [-0.05, 0) is 0 Å². The van der Waals surface area contributed by atoms with E-state index in [2.05, 4.69) is 30.5 Å². The number of rotatable bonds is 4. The van der Waals surface area contributed by atoms with Gasteiger partial charge >= 0.3 is 0 Å². The first kappa shape index (κ1) is 12.3. The van der Waals surface area contributed by atoms with E-state index in [0.29, 0.717) is 10.5 Å². The van der Waals surface area contributed by atoms with Crippen LogP contribution in [0.15, 0.2) is 0 Å². The van der Waals surface area contributed by atoms with E-state index in [0.717, 1.165) is 19.6 Å². The number of methoxy groups -OCH3 is 2. The predicted molar refractivity (Wildman–Crippen MR) is 60.8 cm³/mol. The predicted octanol–water partition coefficient (Wildman–Crippen LogP) is 1.43. The normalized spacial score (nSPS) is 29.8. The van der Waals surface area contributed by atoms with E-state index in [4.69, 9.17) is 9.47 Å². The van der Waals surface area contributed by atoms with Crippen molar-refractivity contribution in [3.8, 4) is 0 Å². The minimum Gasteiger partial charge on any atom is -0.355 e. The minimum atomic E-state index is -0.0856. The van der Waals surface area contributed by atoms with Gasteiger partial charge in [0.1, 0.15) is 0 Å². The van der Waals surface area contributed by atoms with Crippen LogP contribution in [0.1, 0.15) is 13.8 Å². The van der Waals surface area contributed by atoms with Crippen molar-refractivity contribution in [1.82, 2.24) is 4.90 Å². The molecule has 14 heavy (non-hydrogen) atoms. The summed E-state index contributed by atoms with van der Waals surface area (Å²) in [4.78, 5) is 2.42. The minimum absolute atomic E-state index is 0.0856. The molecule has 0 aromatic heterocycles. The van der Waals surface area contributed by atoms with E-state index in [1.807, 2.05) is 0 Å². The van der Waals surface area contributed by atoms with Crippen molar-refractivity contribution >= 4 is 11.8 Å². The molecular weight excluding hydrogens is 198 g/mol. The summed E-state index contributed by atoms with van der Waals surface area (Å²) in [6.07, 6.45) is -0.0856. The van der Waals surface area contributed by atoms with Gasteiger partial charge in [-0.15, -0.1) is 0 Å². The third kappa shape index (κ3) is 3.77. The zero-order valence-electron chi connectivity index (χ0n) is 9.53. The summed E-state index contributed by atoms with van der Waals surface area (Å²) in [6, 6.07) is 0. The van der Waals surface area contributed by atoms with Crippen LogP contribution in [-0.4, -0.2) is 55.5 Å². The number of hydrogen-bond acceptors (Lipinski definition) is 4. The smallest absolute Gasteiger partial charge is 0.169 e. The highest BCUT2D eigenvalue weighted by Gasteiger charge is 2.24. The molecule has 4 heteroatoms. The molecule has 1 saturated heterocycles. The Balaban J connectivity index is 2.35. The maximum atomic E-state index is 5.20. The Labute approximate surface area is 91.1 Å². The average Bonchev–Trinajstić information content (AvgIpc) is 2.12. The van der Waals surface area contributed by atoms with Crippen LogP contribution in [0.25, 0.3) is 0 Å². The number of nitrogens with zero attached hydrogens (tertiary/aromatic N) is 1. The topological polar surface area (TPSA) is 21.7 Å². The van der Waals surface area contributed by atoms with E-state index >= 15 is 0 Å². The Bertz CT molecular complexity index is 154. The quantitative estimate of drug-likeness (QED) is 0.667. The van der Waals surface area contributed by atoms with Crippen LogP contribution < -0.4 is 0 Å². The molecule has 2 unspecified atom stereocenters. The van der Waals surface area contributed by atoms with Crippen molar-refractivity contribution in [2.45, 2.75) is 30.6 Å². The molecule has 2 atom stereocenters. The fourth-order valence-corrected chi connectivity index (χ4v) is 3.28. The van der Waals surface area contributed by atoms with Crippen LogP contribution >= 0.6 is 11.8 Å². The van der Waals surface area contributed by atoms with Crippen LogP contribution in [0.4, 0.5) is 0 Å². The molecule has 0 aliphatic carbocycles. The standard InChI is InChI=1S/C10H21NO2S/c1-8-5-11(6-9(2)14-8)7-10(12-3)13-4/h8-10H,5-7H2,1-4H3. The van der Waals surface area contributed by atoms with Gasteiger partial charge in [0, 0.05) is 44.4 Å². The monoisotopic (exact) mass is 219 g/mol. The first-order chi connectivity index (χ1) is 6.65. The lowest BCUT2D eigenvalue weighted by molar-refractivity contribution is -0.116. The fraction of sp³-hybridized carbons (Fsp3) is 1.00.